The van der Waals surface area contributed by atoms with E-state index in [1.165, 1.54) is 0 Å². The molecule has 0 aromatic rings. The highest BCUT2D eigenvalue weighted by Gasteiger charge is 2.37. The van der Waals surface area contributed by atoms with Crippen LogP contribution in [0, 0.1) is 0 Å². The van der Waals surface area contributed by atoms with Gasteiger partial charge in [0.05, 0.1) is 6.04 Å². The first-order chi connectivity index (χ1) is 7.85. The maximum atomic E-state index is 12.1. The second-order valence-corrected chi connectivity index (χ2v) is 3.92. The number of hydrogen-bond donors (Lipinski definition) is 2. The lowest BCUT2D eigenvalue weighted by atomic mass is 10.0. The highest BCUT2D eigenvalue weighted by atomic mass is 19.4. The van der Waals surface area contributed by atoms with Gasteiger partial charge in [-0.25, -0.2) is 0 Å². The summed E-state index contributed by atoms with van der Waals surface area (Å²) in [5, 5.41) is 11.3. The molecule has 0 aromatic carbocycles. The molecule has 8 heteroatoms. The van der Waals surface area contributed by atoms with Gasteiger partial charge in [-0.05, 0) is 19.3 Å². The van der Waals surface area contributed by atoms with E-state index in [1.54, 1.807) is 0 Å². The smallest absolute Gasteiger partial charge is 0.397 e. The van der Waals surface area contributed by atoms with Crippen LogP contribution in [-0.4, -0.2) is 40.6 Å². The number of carbonyl (C=O) groups excluding carboxylic acids is 1. The largest absolute Gasteiger partial charge is 0.409 e. The van der Waals surface area contributed by atoms with Crippen LogP contribution in [-0.2, 0) is 4.79 Å². The minimum atomic E-state index is -4.54. The van der Waals surface area contributed by atoms with E-state index in [-0.39, 0.29) is 12.4 Å². The summed E-state index contributed by atoms with van der Waals surface area (Å²) < 4.78 is 36.3. The Bertz CT molecular complexity index is 317. The molecular formula is C9H14F3N3O2. The molecule has 0 spiro atoms. The van der Waals surface area contributed by atoms with Crippen molar-refractivity contribution in [3.8, 4) is 0 Å². The number of piperidine rings is 1. The van der Waals surface area contributed by atoms with E-state index in [0.717, 1.165) is 11.3 Å². The van der Waals surface area contributed by atoms with Crippen LogP contribution in [0.5, 0.6) is 0 Å². The highest BCUT2D eigenvalue weighted by molar-refractivity contribution is 5.90. The summed E-state index contributed by atoms with van der Waals surface area (Å²) in [4.78, 5) is 12.5. The molecule has 1 rings (SSSR count). The van der Waals surface area contributed by atoms with Crippen LogP contribution in [0.1, 0.15) is 25.7 Å². The number of likely N-dealkylation sites (tertiary alicyclic amines) is 1. The van der Waals surface area contributed by atoms with Gasteiger partial charge in [-0.15, -0.1) is 0 Å². The molecule has 1 aliphatic rings. The Morgan fingerprint density at radius 1 is 1.47 bits per heavy atom. The average Bonchev–Trinajstić information content (AvgIpc) is 2.25. The normalized spacial score (nSPS) is 22.6. The van der Waals surface area contributed by atoms with E-state index < -0.39 is 24.5 Å². The van der Waals surface area contributed by atoms with Gasteiger partial charge in [-0.3, -0.25) is 4.79 Å². The van der Waals surface area contributed by atoms with Gasteiger partial charge in [0, 0.05) is 6.54 Å². The third-order valence-corrected chi connectivity index (χ3v) is 2.63. The zero-order valence-electron chi connectivity index (χ0n) is 9.07. The first-order valence-corrected chi connectivity index (χ1v) is 5.19. The fraction of sp³-hybridized carbons (Fsp3) is 0.778. The Morgan fingerprint density at radius 3 is 2.65 bits per heavy atom. The maximum Gasteiger partial charge on any atom is 0.397 e. The number of alkyl halides is 3. The van der Waals surface area contributed by atoms with E-state index in [2.05, 4.69) is 5.16 Å². The van der Waals surface area contributed by atoms with Gasteiger partial charge in [-0.1, -0.05) is 5.16 Å². The zero-order chi connectivity index (χ0) is 13.1. The van der Waals surface area contributed by atoms with Gasteiger partial charge in [0.2, 0.25) is 5.91 Å². The molecule has 1 fully saturated rings. The molecule has 17 heavy (non-hydrogen) atoms. The molecular weight excluding hydrogens is 239 g/mol. The molecule has 0 radical (unpaired) electrons. The molecule has 1 heterocycles. The summed E-state index contributed by atoms with van der Waals surface area (Å²) in [6.07, 6.45) is -4.28. The molecule has 0 aliphatic carbocycles. The van der Waals surface area contributed by atoms with Crippen LogP contribution in [0.15, 0.2) is 5.16 Å². The van der Waals surface area contributed by atoms with E-state index in [0.29, 0.717) is 12.8 Å². The predicted molar refractivity (Wildman–Crippen MR) is 53.4 cm³/mol. The zero-order valence-corrected chi connectivity index (χ0v) is 9.07. The number of oxime groups is 1. The maximum absolute atomic E-state index is 12.1. The van der Waals surface area contributed by atoms with Gasteiger partial charge in [0.15, 0.2) is 5.84 Å². The Balaban J connectivity index is 2.75. The SMILES string of the molecule is NC(=NO)C1CCCCN1C(=O)CC(F)(F)F. The van der Waals surface area contributed by atoms with Crippen molar-refractivity contribution >= 4 is 11.7 Å². The van der Waals surface area contributed by atoms with Crippen LogP contribution in [0.25, 0.3) is 0 Å². The lowest BCUT2D eigenvalue weighted by Gasteiger charge is -2.35. The molecule has 0 aromatic heterocycles. The molecule has 1 saturated heterocycles. The minimum Gasteiger partial charge on any atom is -0.409 e. The Labute approximate surface area is 96.1 Å². The van der Waals surface area contributed by atoms with Crippen LogP contribution in [0.3, 0.4) is 0 Å². The number of hydrogen-bond acceptors (Lipinski definition) is 3. The van der Waals surface area contributed by atoms with Gasteiger partial charge in [0.25, 0.3) is 0 Å². The van der Waals surface area contributed by atoms with E-state index in [1.807, 2.05) is 0 Å². The molecule has 1 aliphatic heterocycles. The molecule has 5 nitrogen and oxygen atoms in total. The third-order valence-electron chi connectivity index (χ3n) is 2.63. The minimum absolute atomic E-state index is 0.204. The van der Waals surface area contributed by atoms with Crippen LogP contribution in [0.2, 0.25) is 0 Å². The van der Waals surface area contributed by atoms with Crippen molar-refractivity contribution < 1.29 is 23.2 Å². The second-order valence-electron chi connectivity index (χ2n) is 3.92. The quantitative estimate of drug-likeness (QED) is 0.334. The van der Waals surface area contributed by atoms with Crippen LogP contribution in [0.4, 0.5) is 13.2 Å². The van der Waals surface area contributed by atoms with Crippen molar-refractivity contribution in [3.63, 3.8) is 0 Å². The number of halogens is 3. The average molecular weight is 253 g/mol. The van der Waals surface area contributed by atoms with E-state index >= 15 is 0 Å². The summed E-state index contributed by atoms with van der Waals surface area (Å²) in [5.41, 5.74) is 5.36. The summed E-state index contributed by atoms with van der Waals surface area (Å²) in [6.45, 7) is 0.204. The van der Waals surface area contributed by atoms with Crippen molar-refractivity contribution in [3.05, 3.63) is 0 Å². The number of carbonyl (C=O) groups is 1. The summed E-state index contributed by atoms with van der Waals surface area (Å²) in [5.74, 6) is -1.26. The number of rotatable bonds is 2. The Morgan fingerprint density at radius 2 is 2.12 bits per heavy atom. The van der Waals surface area contributed by atoms with Gasteiger partial charge in [0.1, 0.15) is 6.42 Å². The number of nitrogens with two attached hydrogens (primary N) is 1. The second kappa shape index (κ2) is 5.24. The Kier molecular flexibility index (Phi) is 4.19. The van der Waals surface area contributed by atoms with E-state index in [9.17, 15) is 18.0 Å². The number of amidine groups is 1. The van der Waals surface area contributed by atoms with Crippen molar-refractivity contribution in [2.24, 2.45) is 10.9 Å². The molecule has 98 valence electrons. The summed E-state index contributed by atoms with van der Waals surface area (Å²) in [6, 6.07) is -0.733. The molecule has 0 saturated carbocycles. The Hall–Kier alpha value is -1.47. The molecule has 1 amide bonds. The summed E-state index contributed by atoms with van der Waals surface area (Å²) in [7, 11) is 0. The highest BCUT2D eigenvalue weighted by Crippen LogP contribution is 2.24. The van der Waals surface area contributed by atoms with Gasteiger partial charge >= 0.3 is 6.18 Å². The van der Waals surface area contributed by atoms with Crippen LogP contribution >= 0.6 is 0 Å². The first-order valence-electron chi connectivity index (χ1n) is 5.19. The van der Waals surface area contributed by atoms with Crippen molar-refractivity contribution in [1.82, 2.24) is 4.90 Å². The van der Waals surface area contributed by atoms with Gasteiger partial charge in [-0.2, -0.15) is 13.2 Å². The predicted octanol–water partition coefficient (Wildman–Crippen LogP) is 1.07. The molecule has 0 bridgehead atoms. The molecule has 1 atom stereocenters. The lowest BCUT2D eigenvalue weighted by Crippen LogP contribution is -2.51. The summed E-state index contributed by atoms with van der Waals surface area (Å²) >= 11 is 0. The van der Waals surface area contributed by atoms with Crippen molar-refractivity contribution in [2.45, 2.75) is 37.9 Å². The first kappa shape index (κ1) is 13.6. The molecule has 3 N–H and O–H groups in total. The fourth-order valence-electron chi connectivity index (χ4n) is 1.88. The molecule has 1 unspecified atom stereocenters. The fourth-order valence-corrected chi connectivity index (χ4v) is 1.88. The third kappa shape index (κ3) is 3.79. The van der Waals surface area contributed by atoms with Crippen molar-refractivity contribution in [1.29, 1.82) is 0 Å². The van der Waals surface area contributed by atoms with Crippen LogP contribution < -0.4 is 5.73 Å². The lowest BCUT2D eigenvalue weighted by molar-refractivity contribution is -0.162. The number of nitrogens with zero attached hydrogens (tertiary/aromatic N) is 2. The van der Waals surface area contributed by atoms with E-state index in [4.69, 9.17) is 10.9 Å². The topological polar surface area (TPSA) is 78.9 Å². The number of amides is 1. The van der Waals surface area contributed by atoms with Gasteiger partial charge < -0.3 is 15.8 Å². The van der Waals surface area contributed by atoms with Crippen molar-refractivity contribution in [2.75, 3.05) is 6.54 Å². The monoisotopic (exact) mass is 253 g/mol. The standard InChI is InChI=1S/C9H14F3N3O2/c10-9(11,12)5-7(16)15-4-2-1-3-6(15)8(13)14-17/h6,17H,1-5H2,(H2,13,14).